The quantitative estimate of drug-likeness (QED) is 0.495. The zero-order valence-electron chi connectivity index (χ0n) is 16.2. The van der Waals surface area contributed by atoms with Crippen molar-refractivity contribution in [2.75, 3.05) is 25.0 Å². The van der Waals surface area contributed by atoms with Crippen molar-refractivity contribution in [3.8, 4) is 22.9 Å². The summed E-state index contributed by atoms with van der Waals surface area (Å²) >= 11 is 0. The SMILES string of the molecule is CC(=O)NCCNc1ccc(-c2cc(OC[C@@H](C)O)cn3ncc(C#N)c23)cn1. The van der Waals surface area contributed by atoms with Crippen LogP contribution in [0.15, 0.2) is 36.8 Å². The van der Waals surface area contributed by atoms with Gasteiger partial charge in [0.2, 0.25) is 5.91 Å². The highest BCUT2D eigenvalue weighted by molar-refractivity contribution is 5.85. The number of carbonyl (C=O) groups excluding carboxylic acids is 1. The van der Waals surface area contributed by atoms with E-state index >= 15 is 0 Å². The van der Waals surface area contributed by atoms with E-state index in [9.17, 15) is 15.2 Å². The molecule has 3 rings (SSSR count). The van der Waals surface area contributed by atoms with Gasteiger partial charge in [-0.15, -0.1) is 0 Å². The number of anilines is 1. The minimum Gasteiger partial charge on any atom is -0.489 e. The second-order valence-electron chi connectivity index (χ2n) is 6.55. The molecule has 0 aliphatic heterocycles. The molecule has 9 nitrogen and oxygen atoms in total. The molecule has 0 bridgehead atoms. The summed E-state index contributed by atoms with van der Waals surface area (Å²) in [5, 5.41) is 29.0. The molecule has 0 aromatic carbocycles. The van der Waals surface area contributed by atoms with Crippen molar-refractivity contribution in [2.45, 2.75) is 20.0 Å². The second-order valence-corrected chi connectivity index (χ2v) is 6.55. The molecule has 0 saturated carbocycles. The number of ether oxygens (including phenoxy) is 1. The summed E-state index contributed by atoms with van der Waals surface area (Å²) in [6.45, 7) is 4.32. The topological polar surface area (TPSA) is 125 Å². The molecule has 9 heteroatoms. The van der Waals surface area contributed by atoms with Crippen molar-refractivity contribution in [1.82, 2.24) is 19.9 Å². The maximum absolute atomic E-state index is 10.9. The number of pyridine rings is 2. The predicted molar refractivity (Wildman–Crippen MR) is 107 cm³/mol. The van der Waals surface area contributed by atoms with E-state index in [1.54, 1.807) is 29.9 Å². The third-order valence-electron chi connectivity index (χ3n) is 4.08. The molecule has 29 heavy (non-hydrogen) atoms. The fourth-order valence-corrected chi connectivity index (χ4v) is 2.78. The summed E-state index contributed by atoms with van der Waals surface area (Å²) in [5.41, 5.74) is 2.64. The van der Waals surface area contributed by atoms with Crippen LogP contribution >= 0.6 is 0 Å². The Kier molecular flexibility index (Phi) is 6.26. The third-order valence-corrected chi connectivity index (χ3v) is 4.08. The maximum Gasteiger partial charge on any atom is 0.216 e. The fourth-order valence-electron chi connectivity index (χ4n) is 2.78. The largest absolute Gasteiger partial charge is 0.489 e. The number of rotatable bonds is 8. The molecular formula is C20H22N6O3. The molecule has 0 saturated heterocycles. The lowest BCUT2D eigenvalue weighted by molar-refractivity contribution is -0.118. The Labute approximate surface area is 167 Å². The van der Waals surface area contributed by atoms with Crippen LogP contribution in [0.3, 0.4) is 0 Å². The summed E-state index contributed by atoms with van der Waals surface area (Å²) in [5.74, 6) is 1.12. The van der Waals surface area contributed by atoms with Gasteiger partial charge in [-0.25, -0.2) is 9.50 Å². The lowest BCUT2D eigenvalue weighted by Crippen LogP contribution is -2.26. The van der Waals surface area contributed by atoms with E-state index in [0.717, 1.165) is 11.1 Å². The number of nitrogens with one attached hydrogen (secondary N) is 2. The van der Waals surface area contributed by atoms with Gasteiger partial charge in [-0.05, 0) is 25.1 Å². The number of hydrogen-bond donors (Lipinski definition) is 3. The number of nitriles is 1. The van der Waals surface area contributed by atoms with Gasteiger partial charge in [0.25, 0.3) is 0 Å². The molecule has 1 atom stereocenters. The summed E-state index contributed by atoms with van der Waals surface area (Å²) in [7, 11) is 0. The van der Waals surface area contributed by atoms with E-state index in [4.69, 9.17) is 4.74 Å². The monoisotopic (exact) mass is 394 g/mol. The van der Waals surface area contributed by atoms with Gasteiger partial charge in [0.1, 0.15) is 24.2 Å². The van der Waals surface area contributed by atoms with Crippen molar-refractivity contribution < 1.29 is 14.6 Å². The molecule has 3 aromatic rings. The van der Waals surface area contributed by atoms with E-state index in [-0.39, 0.29) is 12.5 Å². The van der Waals surface area contributed by atoms with Crippen molar-refractivity contribution in [3.05, 3.63) is 42.4 Å². The first-order chi connectivity index (χ1) is 14.0. The first-order valence-corrected chi connectivity index (χ1v) is 9.15. The average Bonchev–Trinajstić information content (AvgIpc) is 3.12. The highest BCUT2D eigenvalue weighted by Gasteiger charge is 2.14. The number of fused-ring (bicyclic) bond motifs is 1. The Morgan fingerprint density at radius 2 is 2.21 bits per heavy atom. The molecular weight excluding hydrogens is 372 g/mol. The molecule has 3 heterocycles. The Balaban J connectivity index is 1.88. The molecule has 150 valence electrons. The van der Waals surface area contributed by atoms with Gasteiger partial charge in [-0.3, -0.25) is 4.79 Å². The van der Waals surface area contributed by atoms with Gasteiger partial charge < -0.3 is 20.5 Å². The molecule has 3 aromatic heterocycles. The molecule has 0 aliphatic carbocycles. The van der Waals surface area contributed by atoms with Crippen LogP contribution in [0.25, 0.3) is 16.6 Å². The molecule has 1 amide bonds. The van der Waals surface area contributed by atoms with Crippen LogP contribution in [0.5, 0.6) is 5.75 Å². The Hall–Kier alpha value is -3.64. The molecule has 0 spiro atoms. The third kappa shape index (κ3) is 5.00. The Morgan fingerprint density at radius 1 is 1.38 bits per heavy atom. The van der Waals surface area contributed by atoms with Crippen molar-refractivity contribution in [1.29, 1.82) is 5.26 Å². The minimum absolute atomic E-state index is 0.0779. The van der Waals surface area contributed by atoms with Gasteiger partial charge >= 0.3 is 0 Å². The number of nitrogens with zero attached hydrogens (tertiary/aromatic N) is 4. The fraction of sp³-hybridized carbons (Fsp3) is 0.300. The van der Waals surface area contributed by atoms with Gasteiger partial charge in [0.05, 0.1) is 29.6 Å². The van der Waals surface area contributed by atoms with E-state index in [1.165, 1.54) is 13.1 Å². The highest BCUT2D eigenvalue weighted by Crippen LogP contribution is 2.31. The lowest BCUT2D eigenvalue weighted by Gasteiger charge is -2.12. The van der Waals surface area contributed by atoms with Crippen LogP contribution in [0.2, 0.25) is 0 Å². The van der Waals surface area contributed by atoms with Crippen molar-refractivity contribution in [3.63, 3.8) is 0 Å². The minimum atomic E-state index is -0.606. The van der Waals surface area contributed by atoms with Gasteiger partial charge in [-0.2, -0.15) is 10.4 Å². The summed E-state index contributed by atoms with van der Waals surface area (Å²) in [6.07, 6.45) is 4.27. The average molecular weight is 394 g/mol. The highest BCUT2D eigenvalue weighted by atomic mass is 16.5. The summed E-state index contributed by atoms with van der Waals surface area (Å²) < 4.78 is 7.22. The van der Waals surface area contributed by atoms with E-state index < -0.39 is 6.10 Å². The zero-order chi connectivity index (χ0) is 20.8. The molecule has 3 N–H and O–H groups in total. The second kappa shape index (κ2) is 9.03. The predicted octanol–water partition coefficient (Wildman–Crippen LogP) is 1.58. The smallest absolute Gasteiger partial charge is 0.216 e. The van der Waals surface area contributed by atoms with Crippen LogP contribution in [0.4, 0.5) is 5.82 Å². The van der Waals surface area contributed by atoms with Crippen molar-refractivity contribution in [2.24, 2.45) is 0 Å². The molecule has 0 unspecified atom stereocenters. The van der Waals surface area contributed by atoms with Crippen molar-refractivity contribution >= 4 is 17.2 Å². The Morgan fingerprint density at radius 3 is 2.86 bits per heavy atom. The van der Waals surface area contributed by atoms with Gasteiger partial charge in [0.15, 0.2) is 0 Å². The van der Waals surface area contributed by atoms with Gasteiger partial charge in [-0.1, -0.05) is 0 Å². The lowest BCUT2D eigenvalue weighted by atomic mass is 10.1. The van der Waals surface area contributed by atoms with Gasteiger partial charge in [0, 0.05) is 37.3 Å². The van der Waals surface area contributed by atoms with Crippen LogP contribution < -0.4 is 15.4 Å². The number of aliphatic hydroxyl groups is 1. The Bertz CT molecular complexity index is 1040. The molecule has 0 radical (unpaired) electrons. The number of amides is 1. The number of aliphatic hydroxyl groups excluding tert-OH is 1. The molecule has 0 aliphatic rings. The van der Waals surface area contributed by atoms with Crippen LogP contribution in [-0.4, -0.2) is 51.4 Å². The number of carbonyl (C=O) groups is 1. The molecule has 0 fully saturated rings. The maximum atomic E-state index is 10.9. The standard InChI is InChI=1S/C20H22N6O3/c1-13(27)12-29-17-7-18(20-16(8-21)10-25-26(20)11-17)15-3-4-19(24-9-15)23-6-5-22-14(2)28/h3-4,7,9-11,13,27H,5-6,12H2,1-2H3,(H,22,28)(H,23,24)/t13-/m1/s1. The van der Waals surface area contributed by atoms with E-state index in [2.05, 4.69) is 26.8 Å². The van der Waals surface area contributed by atoms with Crippen LogP contribution in [-0.2, 0) is 4.79 Å². The van der Waals surface area contributed by atoms with Crippen LogP contribution in [0, 0.1) is 11.3 Å². The zero-order valence-corrected chi connectivity index (χ0v) is 16.2. The number of aromatic nitrogens is 3. The first kappa shape index (κ1) is 20.1. The number of hydrogen-bond acceptors (Lipinski definition) is 7. The van der Waals surface area contributed by atoms with E-state index in [0.29, 0.717) is 35.7 Å². The summed E-state index contributed by atoms with van der Waals surface area (Å²) in [4.78, 5) is 15.3. The van der Waals surface area contributed by atoms with E-state index in [1.807, 2.05) is 12.1 Å². The first-order valence-electron chi connectivity index (χ1n) is 9.15. The van der Waals surface area contributed by atoms with Crippen LogP contribution in [0.1, 0.15) is 19.4 Å². The normalized spacial score (nSPS) is 11.7. The summed E-state index contributed by atoms with van der Waals surface area (Å²) in [6, 6.07) is 7.67.